The van der Waals surface area contributed by atoms with E-state index in [-0.39, 0.29) is 30.1 Å². The maximum absolute atomic E-state index is 13.1. The van der Waals surface area contributed by atoms with E-state index in [0.717, 1.165) is 60.9 Å². The summed E-state index contributed by atoms with van der Waals surface area (Å²) in [4.78, 5) is 6.16. The van der Waals surface area contributed by atoms with Gasteiger partial charge in [-0.1, -0.05) is 6.08 Å². The zero-order valence-corrected chi connectivity index (χ0v) is 20.3. The lowest BCUT2D eigenvalue weighted by molar-refractivity contribution is -0.150. The number of ether oxygens (including phenoxy) is 1. The Labute approximate surface area is 203 Å². The minimum Gasteiger partial charge on any atom is -0.393 e. The van der Waals surface area contributed by atoms with Gasteiger partial charge < -0.3 is 15.2 Å². The number of halogens is 3. The Kier molecular flexibility index (Phi) is 6.80. The monoisotopic (exact) mass is 493 g/mol. The molecule has 0 radical (unpaired) electrons. The Morgan fingerprint density at radius 1 is 1.20 bits per heavy atom. The van der Waals surface area contributed by atoms with E-state index in [1.54, 1.807) is 12.0 Å². The standard InChI is InChI=1S/C25H34F3N5O2/c1-15(13-35-2)30-24-29-12-23-21(11-22(33(23)31-24)16-3-7-20(34)8-4-16)17-9-18-5-6-19(10-17)32(18)14-25(26,27)28/h9,11-12,15-16,18-20,34H,3-8,10,13-14H2,1-2H3,(H,30,31)/t15-,16-,18+,19-,20-/m0/s1. The van der Waals surface area contributed by atoms with Gasteiger partial charge in [-0.05, 0) is 63.5 Å². The van der Waals surface area contributed by atoms with Crippen LogP contribution in [0.25, 0.3) is 11.1 Å². The highest BCUT2D eigenvalue weighted by Gasteiger charge is 2.43. The number of aromatic nitrogens is 3. The van der Waals surface area contributed by atoms with E-state index in [1.165, 1.54) is 0 Å². The minimum absolute atomic E-state index is 0.0389. The zero-order chi connectivity index (χ0) is 24.7. The molecule has 2 aromatic rings. The van der Waals surface area contributed by atoms with Crippen LogP contribution in [0.3, 0.4) is 0 Å². The van der Waals surface area contributed by atoms with E-state index < -0.39 is 12.7 Å². The molecule has 2 aliphatic heterocycles. The van der Waals surface area contributed by atoms with Crippen LogP contribution in [0.15, 0.2) is 18.3 Å². The average Bonchev–Trinajstić information content (AvgIpc) is 3.25. The first-order chi connectivity index (χ1) is 16.7. The van der Waals surface area contributed by atoms with Gasteiger partial charge in [0, 0.05) is 42.4 Å². The van der Waals surface area contributed by atoms with Crippen molar-refractivity contribution >= 4 is 17.0 Å². The molecule has 35 heavy (non-hydrogen) atoms. The Morgan fingerprint density at radius 2 is 1.97 bits per heavy atom. The summed E-state index contributed by atoms with van der Waals surface area (Å²) in [6.07, 6.45) is 4.81. The van der Waals surface area contributed by atoms with Crippen molar-refractivity contribution in [2.45, 2.75) is 88.2 Å². The first-order valence-electron chi connectivity index (χ1n) is 12.6. The third kappa shape index (κ3) is 5.20. The average molecular weight is 494 g/mol. The highest BCUT2D eigenvalue weighted by atomic mass is 19.4. The number of alkyl halides is 3. The first kappa shape index (κ1) is 24.5. The number of nitrogens with one attached hydrogen (secondary N) is 1. The second-order valence-electron chi connectivity index (χ2n) is 10.3. The van der Waals surface area contributed by atoms with E-state index in [9.17, 15) is 18.3 Å². The molecule has 0 aromatic carbocycles. The SMILES string of the molecule is COC[C@H](C)Nc1ncc2c(C3=C[C@H]4CC[C@@H](C3)N4CC(F)(F)F)cc([C@H]3CC[C@H](O)CC3)n2n1. The molecule has 3 aliphatic rings. The number of nitrogens with zero attached hydrogens (tertiary/aromatic N) is 4. The van der Waals surface area contributed by atoms with Crippen molar-refractivity contribution < 1.29 is 23.0 Å². The largest absolute Gasteiger partial charge is 0.401 e. The van der Waals surface area contributed by atoms with Crippen molar-refractivity contribution in [2.75, 3.05) is 25.6 Å². The third-order valence-electron chi connectivity index (χ3n) is 7.70. The summed E-state index contributed by atoms with van der Waals surface area (Å²) in [5.41, 5.74) is 4.07. The van der Waals surface area contributed by atoms with Gasteiger partial charge in [0.1, 0.15) is 0 Å². The van der Waals surface area contributed by atoms with Crippen LogP contribution in [-0.2, 0) is 4.74 Å². The fourth-order valence-electron chi connectivity index (χ4n) is 6.08. The lowest BCUT2D eigenvalue weighted by Crippen LogP contribution is -2.44. The van der Waals surface area contributed by atoms with Crippen LogP contribution in [0.2, 0.25) is 0 Å². The number of aliphatic hydroxyl groups excluding tert-OH is 1. The highest BCUT2D eigenvalue weighted by Crippen LogP contribution is 2.43. The zero-order valence-electron chi connectivity index (χ0n) is 20.3. The molecule has 1 saturated carbocycles. The Bertz CT molecular complexity index is 1080. The fourth-order valence-corrected chi connectivity index (χ4v) is 6.08. The van der Waals surface area contributed by atoms with Gasteiger partial charge in [-0.25, -0.2) is 9.50 Å². The van der Waals surface area contributed by atoms with E-state index >= 15 is 0 Å². The van der Waals surface area contributed by atoms with Gasteiger partial charge in [-0.2, -0.15) is 13.2 Å². The van der Waals surface area contributed by atoms with Crippen molar-refractivity contribution in [2.24, 2.45) is 0 Å². The summed E-state index contributed by atoms with van der Waals surface area (Å²) in [5, 5.41) is 18.1. The number of methoxy groups -OCH3 is 1. The maximum atomic E-state index is 13.1. The van der Waals surface area contributed by atoms with Crippen molar-refractivity contribution in [3.63, 3.8) is 0 Å². The van der Waals surface area contributed by atoms with Crippen molar-refractivity contribution in [3.8, 4) is 0 Å². The fraction of sp³-hybridized carbons (Fsp3) is 0.680. The maximum Gasteiger partial charge on any atom is 0.401 e. The molecule has 192 valence electrons. The molecule has 2 N–H and O–H groups in total. The summed E-state index contributed by atoms with van der Waals surface area (Å²) in [5.74, 6) is 0.775. The molecule has 2 fully saturated rings. The molecule has 7 nitrogen and oxygen atoms in total. The Hall–Kier alpha value is -2.17. The third-order valence-corrected chi connectivity index (χ3v) is 7.70. The minimum atomic E-state index is -4.19. The van der Waals surface area contributed by atoms with Crippen LogP contribution in [0.1, 0.15) is 69.0 Å². The van der Waals surface area contributed by atoms with Crippen LogP contribution in [0.4, 0.5) is 19.1 Å². The van der Waals surface area contributed by atoms with Gasteiger partial charge in [-0.3, -0.25) is 4.90 Å². The second kappa shape index (κ2) is 9.71. The summed E-state index contributed by atoms with van der Waals surface area (Å²) >= 11 is 0. The highest BCUT2D eigenvalue weighted by molar-refractivity contribution is 5.80. The first-order valence-corrected chi connectivity index (χ1v) is 12.6. The number of anilines is 1. The van der Waals surface area contributed by atoms with Crippen LogP contribution < -0.4 is 5.32 Å². The van der Waals surface area contributed by atoms with Gasteiger partial charge >= 0.3 is 6.18 Å². The predicted octanol–water partition coefficient (Wildman–Crippen LogP) is 4.38. The van der Waals surface area contributed by atoms with Crippen LogP contribution in [0, 0.1) is 0 Å². The summed E-state index contributed by atoms with van der Waals surface area (Å²) in [6.45, 7) is 1.67. The van der Waals surface area contributed by atoms with E-state index in [0.29, 0.717) is 19.0 Å². The molecule has 0 amide bonds. The summed E-state index contributed by atoms with van der Waals surface area (Å²) < 4.78 is 46.6. The Morgan fingerprint density at radius 3 is 2.66 bits per heavy atom. The van der Waals surface area contributed by atoms with E-state index in [1.807, 2.05) is 23.7 Å². The Balaban J connectivity index is 1.50. The molecular formula is C25H34F3N5O2. The second-order valence-corrected chi connectivity index (χ2v) is 10.3. The van der Waals surface area contributed by atoms with Crippen LogP contribution in [-0.4, -0.2) is 75.3 Å². The molecule has 2 bridgehead atoms. The molecule has 3 atom stereocenters. The quantitative estimate of drug-likeness (QED) is 0.597. The van der Waals surface area contributed by atoms with Crippen molar-refractivity contribution in [3.05, 3.63) is 29.6 Å². The van der Waals surface area contributed by atoms with Crippen LogP contribution >= 0.6 is 0 Å². The molecule has 5 rings (SSSR count). The van der Waals surface area contributed by atoms with Crippen molar-refractivity contribution in [1.82, 2.24) is 19.5 Å². The van der Waals surface area contributed by atoms with Gasteiger partial charge in [0.25, 0.3) is 0 Å². The molecule has 2 aromatic heterocycles. The number of aliphatic hydroxyl groups is 1. The predicted molar refractivity (Wildman–Crippen MR) is 127 cm³/mol. The number of hydrogen-bond acceptors (Lipinski definition) is 6. The van der Waals surface area contributed by atoms with Crippen molar-refractivity contribution in [1.29, 1.82) is 0 Å². The lowest BCUT2D eigenvalue weighted by atomic mass is 9.85. The lowest BCUT2D eigenvalue weighted by Gasteiger charge is -2.34. The molecule has 0 unspecified atom stereocenters. The van der Waals surface area contributed by atoms with E-state index in [2.05, 4.69) is 16.4 Å². The van der Waals surface area contributed by atoms with E-state index in [4.69, 9.17) is 9.84 Å². The van der Waals surface area contributed by atoms with Gasteiger partial charge in [-0.15, -0.1) is 5.10 Å². The topological polar surface area (TPSA) is 74.9 Å². The normalized spacial score (nSPS) is 28.3. The number of rotatable bonds is 7. The molecule has 10 heteroatoms. The number of hydrogen-bond donors (Lipinski definition) is 2. The number of fused-ring (bicyclic) bond motifs is 3. The summed E-state index contributed by atoms with van der Waals surface area (Å²) in [6, 6.07) is 1.92. The van der Waals surface area contributed by atoms with Crippen LogP contribution in [0.5, 0.6) is 0 Å². The smallest absolute Gasteiger partial charge is 0.393 e. The summed E-state index contributed by atoms with van der Waals surface area (Å²) in [7, 11) is 1.65. The molecular weight excluding hydrogens is 459 g/mol. The van der Waals surface area contributed by atoms with Gasteiger partial charge in [0.05, 0.1) is 31.0 Å². The molecule has 0 spiro atoms. The van der Waals surface area contributed by atoms with Gasteiger partial charge in [0.2, 0.25) is 5.95 Å². The molecule has 1 aliphatic carbocycles. The molecule has 4 heterocycles. The molecule has 1 saturated heterocycles. The van der Waals surface area contributed by atoms with Gasteiger partial charge in [0.15, 0.2) is 0 Å².